The molecule has 0 saturated heterocycles. The van der Waals surface area contributed by atoms with Gasteiger partial charge < -0.3 is 4.72 Å². The van der Waals surface area contributed by atoms with Gasteiger partial charge >= 0.3 is 0 Å². The fraction of sp³-hybridized carbons (Fsp3) is 0.500. The molecule has 1 aliphatic rings. The standard InChI is InChI=1S/C8H13NS/c1-5-6(2)8(4)10-9-7(5)3/h9H,1-4H3. The first-order chi connectivity index (χ1) is 4.63. The van der Waals surface area contributed by atoms with Crippen LogP contribution in [-0.2, 0) is 0 Å². The summed E-state index contributed by atoms with van der Waals surface area (Å²) in [5.74, 6) is 0. The molecule has 1 rings (SSSR count). The second kappa shape index (κ2) is 2.70. The number of allylic oxidation sites excluding steroid dienone is 4. The highest BCUT2D eigenvalue weighted by atomic mass is 32.2. The van der Waals surface area contributed by atoms with Gasteiger partial charge in [0.2, 0.25) is 0 Å². The maximum atomic E-state index is 3.25. The molecule has 0 bridgehead atoms. The molecule has 0 amide bonds. The molecule has 0 radical (unpaired) electrons. The van der Waals surface area contributed by atoms with Crippen LogP contribution in [0.2, 0.25) is 0 Å². The zero-order valence-corrected chi connectivity index (χ0v) is 7.72. The lowest BCUT2D eigenvalue weighted by atomic mass is 10.1. The van der Waals surface area contributed by atoms with Crippen LogP contribution in [0.3, 0.4) is 0 Å². The van der Waals surface area contributed by atoms with Crippen molar-refractivity contribution in [2.24, 2.45) is 0 Å². The van der Waals surface area contributed by atoms with Crippen molar-refractivity contribution in [3.05, 3.63) is 21.7 Å². The van der Waals surface area contributed by atoms with E-state index in [2.05, 4.69) is 32.4 Å². The molecule has 0 spiro atoms. The molecule has 1 nitrogen and oxygen atoms in total. The molecule has 0 aromatic carbocycles. The first-order valence-corrected chi connectivity index (χ1v) is 4.22. The van der Waals surface area contributed by atoms with E-state index in [9.17, 15) is 0 Å². The van der Waals surface area contributed by atoms with Gasteiger partial charge in [-0.1, -0.05) is 0 Å². The Balaban J connectivity index is 3.01. The van der Waals surface area contributed by atoms with Gasteiger partial charge in [0.15, 0.2) is 0 Å². The molecule has 0 atom stereocenters. The summed E-state index contributed by atoms with van der Waals surface area (Å²) in [6.45, 7) is 8.57. The van der Waals surface area contributed by atoms with E-state index in [-0.39, 0.29) is 0 Å². The van der Waals surface area contributed by atoms with Crippen molar-refractivity contribution in [3.8, 4) is 0 Å². The Hall–Kier alpha value is -0.370. The third-order valence-corrected chi connectivity index (χ3v) is 3.03. The summed E-state index contributed by atoms with van der Waals surface area (Å²) in [7, 11) is 0. The third kappa shape index (κ3) is 1.21. The first-order valence-electron chi connectivity index (χ1n) is 3.41. The van der Waals surface area contributed by atoms with Gasteiger partial charge in [-0.25, -0.2) is 0 Å². The summed E-state index contributed by atoms with van der Waals surface area (Å²) >= 11 is 1.71. The van der Waals surface area contributed by atoms with Gasteiger partial charge in [0.25, 0.3) is 0 Å². The zero-order valence-electron chi connectivity index (χ0n) is 6.91. The molecule has 0 fully saturated rings. The summed E-state index contributed by atoms with van der Waals surface area (Å²) in [5.41, 5.74) is 4.09. The number of nitrogens with one attached hydrogen (secondary N) is 1. The van der Waals surface area contributed by atoms with E-state index in [0.29, 0.717) is 0 Å². The van der Waals surface area contributed by atoms with Crippen LogP contribution in [0, 0.1) is 0 Å². The normalized spacial score (nSPS) is 19.6. The van der Waals surface area contributed by atoms with Gasteiger partial charge in [-0.15, -0.1) is 0 Å². The minimum atomic E-state index is 1.29. The minimum Gasteiger partial charge on any atom is -0.330 e. The molecule has 0 saturated carbocycles. The van der Waals surface area contributed by atoms with Gasteiger partial charge in [0, 0.05) is 10.6 Å². The van der Waals surface area contributed by atoms with Crippen LogP contribution in [0.25, 0.3) is 0 Å². The maximum absolute atomic E-state index is 3.25. The summed E-state index contributed by atoms with van der Waals surface area (Å²) in [6, 6.07) is 0. The molecule has 10 heavy (non-hydrogen) atoms. The third-order valence-electron chi connectivity index (χ3n) is 2.01. The Morgan fingerprint density at radius 1 is 1.00 bits per heavy atom. The summed E-state index contributed by atoms with van der Waals surface area (Å²) in [4.78, 5) is 1.38. The molecular formula is C8H13NS. The Morgan fingerprint density at radius 2 is 1.60 bits per heavy atom. The van der Waals surface area contributed by atoms with Crippen LogP contribution in [0.5, 0.6) is 0 Å². The van der Waals surface area contributed by atoms with E-state index in [1.165, 1.54) is 21.7 Å². The van der Waals surface area contributed by atoms with Crippen molar-refractivity contribution in [1.29, 1.82) is 0 Å². The van der Waals surface area contributed by atoms with Gasteiger partial charge in [-0.2, -0.15) is 0 Å². The monoisotopic (exact) mass is 155 g/mol. The molecule has 0 aromatic heterocycles. The van der Waals surface area contributed by atoms with Gasteiger partial charge in [0.05, 0.1) is 0 Å². The van der Waals surface area contributed by atoms with E-state index in [1.54, 1.807) is 11.9 Å². The topological polar surface area (TPSA) is 12.0 Å². The highest BCUT2D eigenvalue weighted by Gasteiger charge is 2.08. The van der Waals surface area contributed by atoms with Gasteiger partial charge in [-0.3, -0.25) is 0 Å². The van der Waals surface area contributed by atoms with Crippen molar-refractivity contribution in [3.63, 3.8) is 0 Å². The maximum Gasteiger partial charge on any atom is 0.0215 e. The fourth-order valence-electron chi connectivity index (χ4n) is 0.851. The zero-order chi connectivity index (χ0) is 7.72. The van der Waals surface area contributed by atoms with Crippen molar-refractivity contribution in [2.75, 3.05) is 0 Å². The van der Waals surface area contributed by atoms with E-state index in [4.69, 9.17) is 0 Å². The molecular weight excluding hydrogens is 142 g/mol. The Bertz CT molecular complexity index is 189. The van der Waals surface area contributed by atoms with E-state index in [1.807, 2.05) is 0 Å². The van der Waals surface area contributed by atoms with Crippen LogP contribution in [-0.4, -0.2) is 0 Å². The molecule has 0 aromatic rings. The van der Waals surface area contributed by atoms with Gasteiger partial charge in [-0.05, 0) is 50.8 Å². The lowest BCUT2D eigenvalue weighted by Gasteiger charge is -2.18. The highest BCUT2D eigenvalue weighted by Crippen LogP contribution is 2.28. The molecule has 0 aliphatic carbocycles. The molecule has 2 heteroatoms. The molecule has 0 unspecified atom stereocenters. The smallest absolute Gasteiger partial charge is 0.0215 e. The summed E-state index contributed by atoms with van der Waals surface area (Å²) in [6.07, 6.45) is 0. The van der Waals surface area contributed by atoms with E-state index >= 15 is 0 Å². The van der Waals surface area contributed by atoms with Crippen molar-refractivity contribution < 1.29 is 0 Å². The van der Waals surface area contributed by atoms with Crippen LogP contribution in [0.4, 0.5) is 0 Å². The van der Waals surface area contributed by atoms with Crippen LogP contribution >= 0.6 is 11.9 Å². The lowest BCUT2D eigenvalue weighted by molar-refractivity contribution is 1.10. The SMILES string of the molecule is CC1=C(C)C(C)=C(C)SN1. The second-order valence-corrected chi connectivity index (χ2v) is 3.66. The largest absolute Gasteiger partial charge is 0.330 e. The van der Waals surface area contributed by atoms with Crippen molar-refractivity contribution in [1.82, 2.24) is 4.72 Å². The predicted octanol–water partition coefficient (Wildman–Crippen LogP) is 2.83. The summed E-state index contributed by atoms with van der Waals surface area (Å²) in [5, 5.41) is 0. The Morgan fingerprint density at radius 3 is 2.10 bits per heavy atom. The quantitative estimate of drug-likeness (QED) is 0.540. The lowest BCUT2D eigenvalue weighted by Crippen LogP contribution is -2.08. The van der Waals surface area contributed by atoms with E-state index in [0.717, 1.165) is 0 Å². The van der Waals surface area contributed by atoms with E-state index < -0.39 is 0 Å². The number of hydrogen-bond donors (Lipinski definition) is 1. The van der Waals surface area contributed by atoms with Crippen molar-refractivity contribution in [2.45, 2.75) is 27.7 Å². The Kier molecular flexibility index (Phi) is 2.09. The Labute approximate surface area is 66.7 Å². The second-order valence-electron chi connectivity index (χ2n) is 2.64. The molecule has 1 heterocycles. The summed E-state index contributed by atoms with van der Waals surface area (Å²) < 4.78 is 3.25. The fourth-order valence-corrected chi connectivity index (χ4v) is 1.62. The van der Waals surface area contributed by atoms with Crippen molar-refractivity contribution >= 4 is 11.9 Å². The molecule has 1 N–H and O–H groups in total. The number of hydrogen-bond acceptors (Lipinski definition) is 2. The first kappa shape index (κ1) is 7.73. The highest BCUT2D eigenvalue weighted by molar-refractivity contribution is 8.01. The van der Waals surface area contributed by atoms with Gasteiger partial charge in [0.1, 0.15) is 0 Å². The van der Waals surface area contributed by atoms with Crippen LogP contribution < -0.4 is 4.72 Å². The average molecular weight is 155 g/mol. The van der Waals surface area contributed by atoms with Crippen LogP contribution in [0.15, 0.2) is 21.7 Å². The predicted molar refractivity (Wildman–Crippen MR) is 47.5 cm³/mol. The number of rotatable bonds is 0. The average Bonchev–Trinajstić information content (AvgIpc) is 1.93. The minimum absolute atomic E-state index is 1.29. The molecule has 56 valence electrons. The van der Waals surface area contributed by atoms with Crippen LogP contribution in [0.1, 0.15) is 27.7 Å². The molecule has 1 aliphatic heterocycles.